The van der Waals surface area contributed by atoms with Crippen molar-refractivity contribution in [1.29, 1.82) is 10.5 Å². The molecule has 0 unspecified atom stereocenters. The van der Waals surface area contributed by atoms with Crippen molar-refractivity contribution in [2.24, 2.45) is 0 Å². The molecule has 0 spiro atoms. The first-order valence-electron chi connectivity index (χ1n) is 18.0. The lowest BCUT2D eigenvalue weighted by atomic mass is 9.92. The third-order valence-electron chi connectivity index (χ3n) is 9.43. The molecule has 8 rings (SSSR count). The Balaban J connectivity index is 0.00000138. The van der Waals surface area contributed by atoms with Crippen LogP contribution in [0.15, 0.2) is 115 Å². The van der Waals surface area contributed by atoms with Crippen molar-refractivity contribution >= 4 is 43.6 Å². The van der Waals surface area contributed by atoms with E-state index in [1.54, 1.807) is 54.6 Å². The maximum atomic E-state index is 15.1. The molecule has 0 amide bonds. The van der Waals surface area contributed by atoms with Gasteiger partial charge in [0.2, 0.25) is 0 Å². The molecule has 0 aliphatic rings. The summed E-state index contributed by atoms with van der Waals surface area (Å²) in [5, 5.41) is 20.9. The molecule has 0 bridgehead atoms. The van der Waals surface area contributed by atoms with Gasteiger partial charge in [-0.15, -0.1) is 0 Å². The predicted molar refractivity (Wildman–Crippen MR) is 208 cm³/mol. The second-order valence-electron chi connectivity index (χ2n) is 12.5. The first-order chi connectivity index (χ1) is 27.6. The molecular weight excluding hydrogens is 768 g/mol. The molecule has 0 N–H and O–H groups in total. The number of nitriles is 2. The summed E-state index contributed by atoms with van der Waals surface area (Å²) >= 11 is 0. The van der Waals surface area contributed by atoms with Crippen molar-refractivity contribution in [2.75, 3.05) is 0 Å². The van der Waals surface area contributed by atoms with E-state index < -0.39 is 40.8 Å². The van der Waals surface area contributed by atoms with Crippen molar-refractivity contribution in [1.82, 2.24) is 9.13 Å². The van der Waals surface area contributed by atoms with Crippen molar-refractivity contribution in [3.05, 3.63) is 143 Å². The van der Waals surface area contributed by atoms with Crippen molar-refractivity contribution in [2.45, 2.75) is 46.2 Å². The molecule has 0 saturated carbocycles. The van der Waals surface area contributed by atoms with Gasteiger partial charge < -0.3 is 9.13 Å². The van der Waals surface area contributed by atoms with Crippen LogP contribution in [0.3, 0.4) is 0 Å². The van der Waals surface area contributed by atoms with Crippen molar-refractivity contribution in [3.63, 3.8) is 0 Å². The van der Waals surface area contributed by atoms with Crippen LogP contribution in [0, 0.1) is 22.7 Å². The molecule has 294 valence electrons. The Kier molecular flexibility index (Phi) is 10.8. The number of benzene rings is 6. The monoisotopic (exact) mass is 798 g/mol. The molecule has 8 aromatic rings. The van der Waals surface area contributed by atoms with Gasteiger partial charge in [0.05, 0.1) is 73.4 Å². The van der Waals surface area contributed by atoms with Crippen LogP contribution in [-0.4, -0.2) is 9.13 Å². The fourth-order valence-corrected chi connectivity index (χ4v) is 7.19. The molecule has 0 saturated heterocycles. The zero-order chi connectivity index (χ0) is 42.3. The van der Waals surface area contributed by atoms with E-state index >= 15 is 13.2 Å². The smallest absolute Gasteiger partial charge is 0.308 e. The second-order valence-corrected chi connectivity index (χ2v) is 12.5. The number of para-hydroxylation sites is 2. The molecule has 0 aliphatic heterocycles. The molecule has 13 heteroatoms. The maximum Gasteiger partial charge on any atom is 0.417 e. The second kappa shape index (κ2) is 15.3. The largest absolute Gasteiger partial charge is 0.417 e. The minimum atomic E-state index is -5.05. The molecule has 2 aromatic heterocycles. The van der Waals surface area contributed by atoms with Crippen LogP contribution in [0.2, 0.25) is 0 Å². The molecule has 0 atom stereocenters. The lowest BCUT2D eigenvalue weighted by Gasteiger charge is -2.23. The van der Waals surface area contributed by atoms with Gasteiger partial charge in [0.25, 0.3) is 0 Å². The van der Waals surface area contributed by atoms with E-state index in [1.165, 1.54) is 39.5 Å². The van der Waals surface area contributed by atoms with Gasteiger partial charge in [0, 0.05) is 27.1 Å². The first-order valence-corrected chi connectivity index (χ1v) is 18.0. The van der Waals surface area contributed by atoms with Gasteiger partial charge in [-0.05, 0) is 78.4 Å². The Morgan fingerprint density at radius 2 is 0.845 bits per heavy atom. The molecule has 0 aliphatic carbocycles. The van der Waals surface area contributed by atoms with Gasteiger partial charge in [0.15, 0.2) is 0 Å². The van der Waals surface area contributed by atoms with E-state index in [0.717, 1.165) is 30.3 Å². The van der Waals surface area contributed by atoms with Gasteiger partial charge in [-0.1, -0.05) is 70.2 Å². The standard InChI is InChI=1S/C41H19F9N4.2C2H6/c42-39(43,44)24-10-13-34-29(18-24)26-5-1-3-7-32(26)53(34)36-16-23(21-52)17-37(38(36)28-12-9-22(20-51)15-31(28)41(48,49)50)54-33-8-4-2-6-27(33)30-19-25(40(45,46)47)11-14-35(30)54;2*1-2/h1-19H;2*1-2H3. The van der Waals surface area contributed by atoms with Gasteiger partial charge in [-0.25, -0.2) is 0 Å². The number of halogens is 9. The number of hydrogen-bond donors (Lipinski definition) is 0. The Bertz CT molecular complexity index is 2780. The molecule has 58 heavy (non-hydrogen) atoms. The van der Waals surface area contributed by atoms with E-state index in [0.29, 0.717) is 27.9 Å². The number of aromatic nitrogens is 2. The van der Waals surface area contributed by atoms with E-state index in [1.807, 2.05) is 33.8 Å². The van der Waals surface area contributed by atoms with Crippen LogP contribution >= 0.6 is 0 Å². The number of nitrogens with zero attached hydrogens (tertiary/aromatic N) is 4. The van der Waals surface area contributed by atoms with Crippen LogP contribution in [0.4, 0.5) is 39.5 Å². The van der Waals surface area contributed by atoms with Crippen molar-refractivity contribution in [3.8, 4) is 34.6 Å². The molecule has 2 heterocycles. The lowest BCUT2D eigenvalue weighted by molar-refractivity contribution is -0.138. The highest BCUT2D eigenvalue weighted by Gasteiger charge is 2.37. The number of alkyl halides is 9. The van der Waals surface area contributed by atoms with Crippen LogP contribution in [0.1, 0.15) is 55.5 Å². The van der Waals surface area contributed by atoms with Gasteiger partial charge in [-0.2, -0.15) is 50.0 Å². The fourth-order valence-electron chi connectivity index (χ4n) is 7.19. The predicted octanol–water partition coefficient (Wildman–Crippen LogP) is 14.4. The lowest BCUT2D eigenvalue weighted by Crippen LogP contribution is -2.11. The Labute approximate surface area is 326 Å². The number of fused-ring (bicyclic) bond motifs is 6. The molecule has 4 nitrogen and oxygen atoms in total. The highest BCUT2D eigenvalue weighted by Crippen LogP contribution is 2.47. The molecular formula is C45H31F9N4. The minimum absolute atomic E-state index is 0.0388. The first kappa shape index (κ1) is 40.9. The molecule has 0 fully saturated rings. The maximum absolute atomic E-state index is 15.1. The van der Waals surface area contributed by atoms with Crippen LogP contribution in [0.5, 0.6) is 0 Å². The summed E-state index contributed by atoms with van der Waals surface area (Å²) < 4.78 is 132. The highest BCUT2D eigenvalue weighted by molar-refractivity contribution is 6.12. The van der Waals surface area contributed by atoms with Gasteiger partial charge >= 0.3 is 18.5 Å². The normalized spacial score (nSPS) is 11.8. The average molecular weight is 799 g/mol. The average Bonchev–Trinajstić information content (AvgIpc) is 3.73. The summed E-state index contributed by atoms with van der Waals surface area (Å²) in [4.78, 5) is 0. The van der Waals surface area contributed by atoms with E-state index in [4.69, 9.17) is 0 Å². The fraction of sp³-hybridized carbons (Fsp3) is 0.156. The van der Waals surface area contributed by atoms with Crippen LogP contribution in [0.25, 0.3) is 66.1 Å². The summed E-state index contributed by atoms with van der Waals surface area (Å²) in [7, 11) is 0. The van der Waals surface area contributed by atoms with E-state index in [2.05, 4.69) is 0 Å². The Hall–Kier alpha value is -6.73. The molecule has 6 aromatic carbocycles. The summed E-state index contributed by atoms with van der Waals surface area (Å²) in [6, 6.07) is 28.0. The SMILES string of the molecule is CC.CC.N#Cc1cc(-n2c3ccccc3c3cc(C(F)(F)F)ccc32)c(-c2ccc(C#N)cc2C(F)(F)F)c(-n2c3ccccc3c3cc(C(F)(F)F)ccc32)c1. The zero-order valence-electron chi connectivity index (χ0n) is 31.2. The zero-order valence-corrected chi connectivity index (χ0v) is 31.2. The third-order valence-corrected chi connectivity index (χ3v) is 9.43. The summed E-state index contributed by atoms with van der Waals surface area (Å²) in [5.41, 5.74) is -3.27. The Morgan fingerprint density at radius 1 is 0.431 bits per heavy atom. The summed E-state index contributed by atoms with van der Waals surface area (Å²) in [6.45, 7) is 8.00. The topological polar surface area (TPSA) is 57.4 Å². The van der Waals surface area contributed by atoms with E-state index in [9.17, 15) is 36.9 Å². The number of rotatable bonds is 3. The van der Waals surface area contributed by atoms with Crippen LogP contribution < -0.4 is 0 Å². The summed E-state index contributed by atoms with van der Waals surface area (Å²) in [6.07, 6.45) is -14.5. The van der Waals surface area contributed by atoms with Crippen LogP contribution in [-0.2, 0) is 18.5 Å². The number of hydrogen-bond acceptors (Lipinski definition) is 2. The highest BCUT2D eigenvalue weighted by atomic mass is 19.4. The van der Waals surface area contributed by atoms with E-state index in [-0.39, 0.29) is 49.9 Å². The molecule has 0 radical (unpaired) electrons. The Morgan fingerprint density at radius 3 is 1.24 bits per heavy atom. The minimum Gasteiger partial charge on any atom is -0.308 e. The van der Waals surface area contributed by atoms with Gasteiger partial charge in [0.1, 0.15) is 0 Å². The van der Waals surface area contributed by atoms with Gasteiger partial charge in [-0.3, -0.25) is 0 Å². The third kappa shape index (κ3) is 6.98. The quantitative estimate of drug-likeness (QED) is 0.167. The summed E-state index contributed by atoms with van der Waals surface area (Å²) in [5.74, 6) is 0. The van der Waals surface area contributed by atoms with Crippen molar-refractivity contribution < 1.29 is 39.5 Å².